The van der Waals surface area contributed by atoms with Crippen LogP contribution in [0.15, 0.2) is 5.38 Å². The van der Waals surface area contributed by atoms with Crippen molar-refractivity contribution >= 4 is 34.8 Å². The summed E-state index contributed by atoms with van der Waals surface area (Å²) in [5.41, 5.74) is 0.859. The molecule has 0 N–H and O–H groups in total. The highest BCUT2D eigenvalue weighted by Crippen LogP contribution is 2.13. The number of hydrogen-bond donors (Lipinski definition) is 0. The van der Waals surface area contributed by atoms with Crippen molar-refractivity contribution in [3.05, 3.63) is 16.1 Å². The van der Waals surface area contributed by atoms with E-state index in [1.165, 1.54) is 16.2 Å². The highest BCUT2D eigenvalue weighted by atomic mass is 35.5. The smallest absolute Gasteiger partial charge is 0.312 e. The molecule has 1 aromatic rings. The van der Waals surface area contributed by atoms with Gasteiger partial charge in [0.25, 0.3) is 0 Å². The maximum atomic E-state index is 11.7. The quantitative estimate of drug-likeness (QED) is 0.606. The lowest BCUT2D eigenvalue weighted by molar-refractivity contribution is -0.154. The van der Waals surface area contributed by atoms with Crippen LogP contribution in [-0.4, -0.2) is 53.3 Å². The molecule has 1 aliphatic rings. The van der Waals surface area contributed by atoms with Crippen molar-refractivity contribution in [2.75, 3.05) is 26.7 Å². The second-order valence-corrected chi connectivity index (χ2v) is 5.35. The molecular formula is C11H14ClN3O2S. The second-order valence-electron chi connectivity index (χ2n) is 4.14. The topological polar surface area (TPSA) is 53.5 Å². The van der Waals surface area contributed by atoms with E-state index in [0.29, 0.717) is 31.9 Å². The van der Waals surface area contributed by atoms with Crippen LogP contribution in [0.25, 0.3) is 0 Å². The van der Waals surface area contributed by atoms with E-state index >= 15 is 0 Å². The highest BCUT2D eigenvalue weighted by molar-refractivity contribution is 7.09. The molecule has 1 fully saturated rings. The van der Waals surface area contributed by atoms with Crippen LogP contribution in [0.3, 0.4) is 0 Å². The second kappa shape index (κ2) is 5.67. The lowest BCUT2D eigenvalue weighted by Gasteiger charge is -2.31. The zero-order valence-electron chi connectivity index (χ0n) is 10.1. The number of halogens is 1. The molecule has 1 aromatic heterocycles. The first kappa shape index (κ1) is 13.3. The lowest BCUT2D eigenvalue weighted by atomic mass is 10.3. The van der Waals surface area contributed by atoms with Crippen molar-refractivity contribution in [2.45, 2.75) is 12.3 Å². The molecule has 1 saturated heterocycles. The van der Waals surface area contributed by atoms with Gasteiger partial charge in [-0.25, -0.2) is 4.98 Å². The van der Waals surface area contributed by atoms with Gasteiger partial charge in [-0.15, -0.1) is 22.9 Å². The van der Waals surface area contributed by atoms with Crippen LogP contribution in [0, 0.1) is 0 Å². The van der Waals surface area contributed by atoms with Gasteiger partial charge in [0, 0.05) is 38.5 Å². The fourth-order valence-electron chi connectivity index (χ4n) is 1.74. The van der Waals surface area contributed by atoms with Crippen molar-refractivity contribution in [1.82, 2.24) is 14.8 Å². The van der Waals surface area contributed by atoms with E-state index < -0.39 is 11.8 Å². The standard InChI is InChI=1S/C11H14ClN3O2S/c1-14-4-5-15(11(17)10(14)16)3-2-9-13-8(6-12)7-18-9/h7H,2-6H2,1H3. The number of aromatic nitrogens is 1. The number of thiazole rings is 1. The lowest BCUT2D eigenvalue weighted by Crippen LogP contribution is -2.53. The van der Waals surface area contributed by atoms with Crippen molar-refractivity contribution in [3.63, 3.8) is 0 Å². The largest absolute Gasteiger partial charge is 0.336 e. The molecule has 2 amide bonds. The molecule has 2 heterocycles. The molecule has 0 unspecified atom stereocenters. The number of likely N-dealkylation sites (N-methyl/N-ethyl adjacent to an activating group) is 1. The summed E-state index contributed by atoms with van der Waals surface area (Å²) in [5, 5.41) is 2.86. The zero-order valence-corrected chi connectivity index (χ0v) is 11.6. The first-order chi connectivity index (χ1) is 8.61. The number of piperazine rings is 1. The predicted molar refractivity (Wildman–Crippen MR) is 69.6 cm³/mol. The minimum absolute atomic E-state index is 0.405. The number of nitrogens with zero attached hydrogens (tertiary/aromatic N) is 3. The summed E-state index contributed by atoms with van der Waals surface area (Å²) in [7, 11) is 1.64. The first-order valence-electron chi connectivity index (χ1n) is 5.65. The van der Waals surface area contributed by atoms with Crippen LogP contribution in [-0.2, 0) is 21.9 Å². The minimum Gasteiger partial charge on any atom is -0.336 e. The number of hydrogen-bond acceptors (Lipinski definition) is 4. The number of amides is 2. The fraction of sp³-hybridized carbons (Fsp3) is 0.545. The van der Waals surface area contributed by atoms with E-state index in [1.807, 2.05) is 5.38 Å². The molecule has 18 heavy (non-hydrogen) atoms. The summed E-state index contributed by atoms with van der Waals surface area (Å²) >= 11 is 7.21. The van der Waals surface area contributed by atoms with Gasteiger partial charge in [0.2, 0.25) is 0 Å². The van der Waals surface area contributed by atoms with Gasteiger partial charge >= 0.3 is 11.8 Å². The molecule has 5 nitrogen and oxygen atoms in total. The Hall–Kier alpha value is -1.14. The van der Waals surface area contributed by atoms with Crippen LogP contribution >= 0.6 is 22.9 Å². The van der Waals surface area contributed by atoms with Gasteiger partial charge in [-0.1, -0.05) is 0 Å². The van der Waals surface area contributed by atoms with E-state index in [9.17, 15) is 9.59 Å². The van der Waals surface area contributed by atoms with Gasteiger partial charge in [-0.3, -0.25) is 9.59 Å². The fourth-order valence-corrected chi connectivity index (χ4v) is 2.76. The van der Waals surface area contributed by atoms with Gasteiger partial charge in [0.05, 0.1) is 16.6 Å². The number of alkyl halides is 1. The van der Waals surface area contributed by atoms with Gasteiger partial charge in [-0.05, 0) is 0 Å². The molecule has 0 spiro atoms. The summed E-state index contributed by atoms with van der Waals surface area (Å²) < 4.78 is 0. The van der Waals surface area contributed by atoms with E-state index in [1.54, 1.807) is 11.9 Å². The Morgan fingerprint density at radius 2 is 2.17 bits per heavy atom. The molecule has 98 valence electrons. The van der Waals surface area contributed by atoms with E-state index in [4.69, 9.17) is 11.6 Å². The van der Waals surface area contributed by atoms with Crippen LogP contribution in [0.4, 0.5) is 0 Å². The van der Waals surface area contributed by atoms with E-state index in [0.717, 1.165) is 10.7 Å². The highest BCUT2D eigenvalue weighted by Gasteiger charge is 2.29. The molecule has 0 saturated carbocycles. The minimum atomic E-state index is -0.429. The van der Waals surface area contributed by atoms with Gasteiger partial charge < -0.3 is 9.80 Å². The maximum absolute atomic E-state index is 11.7. The number of carbonyl (C=O) groups excluding carboxylic acids is 2. The molecule has 2 rings (SSSR count). The SMILES string of the molecule is CN1CCN(CCc2nc(CCl)cs2)C(=O)C1=O. The Morgan fingerprint density at radius 3 is 2.83 bits per heavy atom. The Kier molecular flexibility index (Phi) is 4.19. The van der Waals surface area contributed by atoms with Gasteiger partial charge in [0.1, 0.15) is 0 Å². The number of carbonyl (C=O) groups is 2. The summed E-state index contributed by atoms with van der Waals surface area (Å²) in [5.74, 6) is -0.442. The zero-order chi connectivity index (χ0) is 13.1. The van der Waals surface area contributed by atoms with Gasteiger partial charge in [-0.2, -0.15) is 0 Å². The molecule has 0 aliphatic carbocycles. The average Bonchev–Trinajstić information content (AvgIpc) is 2.83. The Morgan fingerprint density at radius 1 is 1.39 bits per heavy atom. The van der Waals surface area contributed by atoms with Crippen LogP contribution < -0.4 is 0 Å². The van der Waals surface area contributed by atoms with Gasteiger partial charge in [0.15, 0.2) is 0 Å². The summed E-state index contributed by atoms with van der Waals surface area (Å²) in [6, 6.07) is 0. The Bertz CT molecular complexity index is 463. The predicted octanol–water partition coefficient (Wildman–Crippen LogP) is 0.725. The summed E-state index contributed by atoms with van der Waals surface area (Å²) in [6.45, 7) is 1.72. The Labute approximate surface area is 114 Å². The summed E-state index contributed by atoms with van der Waals surface area (Å²) in [4.78, 5) is 30.6. The third-order valence-electron chi connectivity index (χ3n) is 2.85. The normalized spacial score (nSPS) is 16.6. The maximum Gasteiger partial charge on any atom is 0.312 e. The molecule has 7 heteroatoms. The third-order valence-corrected chi connectivity index (χ3v) is 4.09. The number of rotatable bonds is 4. The van der Waals surface area contributed by atoms with E-state index in [2.05, 4.69) is 4.98 Å². The summed E-state index contributed by atoms with van der Waals surface area (Å²) in [6.07, 6.45) is 0.671. The van der Waals surface area contributed by atoms with Crippen LogP contribution in [0.1, 0.15) is 10.7 Å². The molecular weight excluding hydrogens is 274 g/mol. The molecule has 0 atom stereocenters. The van der Waals surface area contributed by atoms with Crippen molar-refractivity contribution < 1.29 is 9.59 Å². The third kappa shape index (κ3) is 2.81. The van der Waals surface area contributed by atoms with Crippen molar-refractivity contribution in [2.24, 2.45) is 0 Å². The first-order valence-corrected chi connectivity index (χ1v) is 7.07. The monoisotopic (exact) mass is 287 g/mol. The molecule has 0 radical (unpaired) electrons. The van der Waals surface area contributed by atoms with Crippen molar-refractivity contribution in [1.29, 1.82) is 0 Å². The van der Waals surface area contributed by atoms with Crippen LogP contribution in [0.2, 0.25) is 0 Å². The molecule has 0 aromatic carbocycles. The van der Waals surface area contributed by atoms with Crippen molar-refractivity contribution in [3.8, 4) is 0 Å². The van der Waals surface area contributed by atoms with E-state index in [-0.39, 0.29) is 0 Å². The average molecular weight is 288 g/mol. The molecule has 1 aliphatic heterocycles. The van der Waals surface area contributed by atoms with Crippen LogP contribution in [0.5, 0.6) is 0 Å². The molecule has 0 bridgehead atoms. The Balaban J connectivity index is 1.90.